The second-order valence-electron chi connectivity index (χ2n) is 7.29. The summed E-state index contributed by atoms with van der Waals surface area (Å²) in [5.41, 5.74) is 5.99. The van der Waals surface area contributed by atoms with Crippen LogP contribution in [-0.2, 0) is 11.2 Å². The lowest BCUT2D eigenvalue weighted by molar-refractivity contribution is -0.136. The van der Waals surface area contributed by atoms with Gasteiger partial charge in [-0.1, -0.05) is 29.8 Å². The standard InChI is InChI=1S/C23H24F2O3/c1-14-6-9-18(15(2)12-14)19-5-3-4-17(19)13-28-20-10-7-16(8-11-21(26)27)22(24)23(20)25/h6-7,9-10,12H,3-5,8,11,13H2,1-2H3,(H,26,27). The third-order valence-electron chi connectivity index (χ3n) is 5.18. The molecule has 1 aliphatic rings. The summed E-state index contributed by atoms with van der Waals surface area (Å²) in [7, 11) is 0. The van der Waals surface area contributed by atoms with E-state index < -0.39 is 17.6 Å². The molecule has 0 atom stereocenters. The molecule has 0 fully saturated rings. The Bertz CT molecular complexity index is 932. The predicted molar refractivity (Wildman–Crippen MR) is 104 cm³/mol. The maximum absolute atomic E-state index is 14.3. The summed E-state index contributed by atoms with van der Waals surface area (Å²) in [6, 6.07) is 9.11. The number of rotatable bonds is 7. The van der Waals surface area contributed by atoms with Gasteiger partial charge >= 0.3 is 5.97 Å². The SMILES string of the molecule is Cc1ccc(C2=C(COc3ccc(CCC(=O)O)c(F)c3F)CCC2)c(C)c1. The number of aryl methyl sites for hydroxylation is 3. The molecule has 0 amide bonds. The van der Waals surface area contributed by atoms with Crippen molar-refractivity contribution in [3.8, 4) is 5.75 Å². The van der Waals surface area contributed by atoms with Crippen molar-refractivity contribution in [3.63, 3.8) is 0 Å². The first-order chi connectivity index (χ1) is 13.4. The molecule has 0 unspecified atom stereocenters. The first-order valence-electron chi connectivity index (χ1n) is 9.46. The largest absolute Gasteiger partial charge is 0.486 e. The van der Waals surface area contributed by atoms with Crippen LogP contribution >= 0.6 is 0 Å². The number of carboxylic acid groups (broad SMARTS) is 1. The lowest BCUT2D eigenvalue weighted by atomic mass is 9.96. The Balaban J connectivity index is 1.77. The number of halogens is 2. The van der Waals surface area contributed by atoms with E-state index >= 15 is 0 Å². The number of allylic oxidation sites excluding steroid dienone is 1. The minimum Gasteiger partial charge on any atom is -0.486 e. The molecule has 1 aliphatic carbocycles. The van der Waals surface area contributed by atoms with E-state index in [1.165, 1.54) is 34.4 Å². The van der Waals surface area contributed by atoms with Gasteiger partial charge in [-0.15, -0.1) is 0 Å². The molecule has 0 heterocycles. The van der Waals surface area contributed by atoms with Gasteiger partial charge in [0.2, 0.25) is 5.82 Å². The molecule has 1 N–H and O–H groups in total. The lowest BCUT2D eigenvalue weighted by Crippen LogP contribution is -2.06. The van der Waals surface area contributed by atoms with E-state index in [2.05, 4.69) is 32.0 Å². The third-order valence-corrected chi connectivity index (χ3v) is 5.18. The summed E-state index contributed by atoms with van der Waals surface area (Å²) in [5, 5.41) is 8.70. The molecule has 3 nitrogen and oxygen atoms in total. The Morgan fingerprint density at radius 1 is 1.11 bits per heavy atom. The zero-order valence-electron chi connectivity index (χ0n) is 16.1. The van der Waals surface area contributed by atoms with E-state index in [0.717, 1.165) is 24.8 Å². The molecule has 0 saturated carbocycles. The van der Waals surface area contributed by atoms with E-state index in [4.69, 9.17) is 9.84 Å². The van der Waals surface area contributed by atoms with E-state index in [1.807, 2.05) is 0 Å². The molecule has 148 valence electrons. The Kier molecular flexibility index (Phi) is 6.12. The average molecular weight is 386 g/mol. The van der Waals surface area contributed by atoms with Gasteiger partial charge in [0, 0.05) is 6.42 Å². The molecular formula is C23H24F2O3. The number of aliphatic carboxylic acids is 1. The van der Waals surface area contributed by atoms with E-state index in [-0.39, 0.29) is 30.8 Å². The van der Waals surface area contributed by atoms with E-state index in [1.54, 1.807) is 0 Å². The van der Waals surface area contributed by atoms with Gasteiger partial charge in [-0.05, 0) is 73.4 Å². The molecule has 0 aliphatic heterocycles. The second-order valence-corrected chi connectivity index (χ2v) is 7.29. The predicted octanol–water partition coefficient (Wildman–Crippen LogP) is 5.62. The van der Waals surface area contributed by atoms with Crippen LogP contribution in [0.5, 0.6) is 5.75 Å². The minimum atomic E-state index is -1.06. The Morgan fingerprint density at radius 3 is 2.61 bits per heavy atom. The molecule has 0 radical (unpaired) electrons. The molecule has 5 heteroatoms. The van der Waals surface area contributed by atoms with Crippen LogP contribution in [0.25, 0.3) is 5.57 Å². The molecule has 0 aromatic heterocycles. The topological polar surface area (TPSA) is 46.5 Å². The molecular weight excluding hydrogens is 362 g/mol. The zero-order valence-corrected chi connectivity index (χ0v) is 16.1. The Morgan fingerprint density at radius 2 is 1.89 bits per heavy atom. The average Bonchev–Trinajstić information content (AvgIpc) is 3.10. The van der Waals surface area contributed by atoms with Crippen LogP contribution < -0.4 is 4.74 Å². The van der Waals surface area contributed by atoms with Crippen LogP contribution in [-0.4, -0.2) is 17.7 Å². The fraction of sp³-hybridized carbons (Fsp3) is 0.348. The van der Waals surface area contributed by atoms with Gasteiger partial charge in [-0.3, -0.25) is 4.79 Å². The van der Waals surface area contributed by atoms with Crippen molar-refractivity contribution in [3.05, 3.63) is 69.8 Å². The second kappa shape index (κ2) is 8.55. The number of hydrogen-bond acceptors (Lipinski definition) is 2. The van der Waals surface area contributed by atoms with Gasteiger partial charge in [-0.25, -0.2) is 4.39 Å². The minimum absolute atomic E-state index is 0.0447. The van der Waals surface area contributed by atoms with Crippen LogP contribution in [0, 0.1) is 25.5 Å². The number of ether oxygens (including phenoxy) is 1. The summed E-state index contributed by atoms with van der Waals surface area (Å²) < 4.78 is 34.1. The monoisotopic (exact) mass is 386 g/mol. The highest BCUT2D eigenvalue weighted by molar-refractivity contribution is 5.73. The molecule has 0 spiro atoms. The van der Waals surface area contributed by atoms with Crippen molar-refractivity contribution in [1.29, 1.82) is 0 Å². The van der Waals surface area contributed by atoms with Gasteiger partial charge in [0.25, 0.3) is 0 Å². The maximum Gasteiger partial charge on any atom is 0.303 e. The van der Waals surface area contributed by atoms with Crippen molar-refractivity contribution < 1.29 is 23.4 Å². The van der Waals surface area contributed by atoms with Gasteiger partial charge in [0.15, 0.2) is 11.6 Å². The highest BCUT2D eigenvalue weighted by Gasteiger charge is 2.20. The quantitative estimate of drug-likeness (QED) is 0.672. The fourth-order valence-electron chi connectivity index (χ4n) is 3.73. The van der Waals surface area contributed by atoms with Crippen LogP contribution in [0.3, 0.4) is 0 Å². The fourth-order valence-corrected chi connectivity index (χ4v) is 3.73. The normalized spacial score (nSPS) is 13.9. The van der Waals surface area contributed by atoms with Crippen LogP contribution in [0.1, 0.15) is 47.9 Å². The summed E-state index contributed by atoms with van der Waals surface area (Å²) >= 11 is 0. The van der Waals surface area contributed by atoms with Crippen LogP contribution in [0.4, 0.5) is 8.78 Å². The van der Waals surface area contributed by atoms with E-state index in [9.17, 15) is 13.6 Å². The lowest BCUT2D eigenvalue weighted by Gasteiger charge is -2.14. The van der Waals surface area contributed by atoms with Crippen molar-refractivity contribution >= 4 is 11.5 Å². The summed E-state index contributed by atoms with van der Waals surface area (Å²) in [5.74, 6) is -3.29. The highest BCUT2D eigenvalue weighted by Crippen LogP contribution is 2.36. The first kappa shape index (κ1) is 20.1. The Labute approximate surface area is 163 Å². The van der Waals surface area contributed by atoms with Crippen molar-refractivity contribution in [1.82, 2.24) is 0 Å². The smallest absolute Gasteiger partial charge is 0.303 e. The Hall–Kier alpha value is -2.69. The van der Waals surface area contributed by atoms with Gasteiger partial charge < -0.3 is 9.84 Å². The van der Waals surface area contributed by atoms with Crippen LogP contribution in [0.2, 0.25) is 0 Å². The summed E-state index contributed by atoms with van der Waals surface area (Å²) in [6.45, 7) is 4.35. The maximum atomic E-state index is 14.3. The number of benzene rings is 2. The zero-order chi connectivity index (χ0) is 20.3. The first-order valence-corrected chi connectivity index (χ1v) is 9.46. The van der Waals surface area contributed by atoms with Gasteiger partial charge in [-0.2, -0.15) is 4.39 Å². The molecule has 0 bridgehead atoms. The number of carbonyl (C=O) groups is 1. The molecule has 28 heavy (non-hydrogen) atoms. The molecule has 2 aromatic carbocycles. The van der Waals surface area contributed by atoms with Crippen molar-refractivity contribution in [2.24, 2.45) is 0 Å². The van der Waals surface area contributed by atoms with Crippen molar-refractivity contribution in [2.45, 2.75) is 46.0 Å². The summed E-state index contributed by atoms with van der Waals surface area (Å²) in [6.07, 6.45) is 2.55. The molecule has 3 rings (SSSR count). The third kappa shape index (κ3) is 4.41. The summed E-state index contributed by atoms with van der Waals surface area (Å²) in [4.78, 5) is 10.6. The van der Waals surface area contributed by atoms with Crippen LogP contribution in [0.15, 0.2) is 35.9 Å². The van der Waals surface area contributed by atoms with E-state index in [0.29, 0.717) is 0 Å². The number of carboxylic acids is 1. The molecule has 0 saturated heterocycles. The van der Waals surface area contributed by atoms with Gasteiger partial charge in [0.1, 0.15) is 6.61 Å². The molecule has 2 aromatic rings. The van der Waals surface area contributed by atoms with Crippen molar-refractivity contribution in [2.75, 3.05) is 6.61 Å². The number of hydrogen-bond donors (Lipinski definition) is 1. The highest BCUT2D eigenvalue weighted by atomic mass is 19.2. The van der Waals surface area contributed by atoms with Gasteiger partial charge in [0.05, 0.1) is 0 Å².